The van der Waals surface area contributed by atoms with Crippen molar-refractivity contribution in [3.63, 3.8) is 0 Å². The maximum Gasteiger partial charge on any atom is 0.251 e. The van der Waals surface area contributed by atoms with E-state index >= 15 is 0 Å². The number of hydrogen-bond donors (Lipinski definition) is 2. The number of amides is 2. The molecule has 0 radical (unpaired) electrons. The average molecular weight is 229 g/mol. The molecule has 0 spiro atoms. The number of likely N-dealkylation sites (N-methyl/N-ethyl adjacent to an activating group) is 1. The average Bonchev–Trinajstić information content (AvgIpc) is 2.28. The molecule has 92 valence electrons. The third kappa shape index (κ3) is 3.46. The van der Waals surface area contributed by atoms with Gasteiger partial charge in [0, 0.05) is 27.2 Å². The van der Waals surface area contributed by atoms with Crippen LogP contribution in [0.15, 0.2) is 0 Å². The van der Waals surface area contributed by atoms with E-state index in [1.165, 1.54) is 4.90 Å². The highest BCUT2D eigenvalue weighted by atomic mass is 16.5. The molecular formula is C10H19N3O3. The van der Waals surface area contributed by atoms with E-state index in [0.717, 1.165) is 6.54 Å². The van der Waals surface area contributed by atoms with Crippen molar-refractivity contribution in [2.45, 2.75) is 19.1 Å². The second-order valence-electron chi connectivity index (χ2n) is 4.03. The predicted octanol–water partition coefficient (Wildman–Crippen LogP) is -1.43. The van der Waals surface area contributed by atoms with Crippen molar-refractivity contribution < 1.29 is 14.3 Å². The molecule has 2 amide bonds. The van der Waals surface area contributed by atoms with Crippen LogP contribution in [0.3, 0.4) is 0 Å². The summed E-state index contributed by atoms with van der Waals surface area (Å²) in [6.45, 7) is 3.44. The van der Waals surface area contributed by atoms with Gasteiger partial charge in [-0.3, -0.25) is 9.59 Å². The van der Waals surface area contributed by atoms with Gasteiger partial charge in [0.05, 0.1) is 6.61 Å². The number of ether oxygens (including phenoxy) is 1. The van der Waals surface area contributed by atoms with Crippen LogP contribution in [-0.2, 0) is 14.3 Å². The molecule has 6 heteroatoms. The molecule has 1 aliphatic heterocycles. The van der Waals surface area contributed by atoms with E-state index in [0.29, 0.717) is 13.2 Å². The third-order valence-corrected chi connectivity index (χ3v) is 2.39. The molecule has 0 saturated carbocycles. The van der Waals surface area contributed by atoms with Gasteiger partial charge in [0.1, 0.15) is 12.1 Å². The van der Waals surface area contributed by atoms with Gasteiger partial charge < -0.3 is 20.3 Å². The van der Waals surface area contributed by atoms with Gasteiger partial charge in [-0.2, -0.15) is 0 Å². The molecule has 2 unspecified atom stereocenters. The largest absolute Gasteiger partial charge is 0.366 e. The van der Waals surface area contributed by atoms with Crippen LogP contribution in [0.2, 0.25) is 0 Å². The van der Waals surface area contributed by atoms with E-state index in [4.69, 9.17) is 4.74 Å². The zero-order valence-electron chi connectivity index (χ0n) is 9.95. The molecule has 0 aromatic carbocycles. The summed E-state index contributed by atoms with van der Waals surface area (Å²) >= 11 is 0. The minimum atomic E-state index is -0.520. The predicted molar refractivity (Wildman–Crippen MR) is 58.9 cm³/mol. The first-order chi connectivity index (χ1) is 7.52. The first-order valence-corrected chi connectivity index (χ1v) is 5.36. The molecule has 6 nitrogen and oxygen atoms in total. The van der Waals surface area contributed by atoms with E-state index < -0.39 is 12.1 Å². The summed E-state index contributed by atoms with van der Waals surface area (Å²) in [4.78, 5) is 24.7. The number of carbonyl (C=O) groups is 2. The molecule has 0 aromatic heterocycles. The Morgan fingerprint density at radius 2 is 2.19 bits per heavy atom. The van der Waals surface area contributed by atoms with Crippen LogP contribution >= 0.6 is 0 Å². The lowest BCUT2D eigenvalue weighted by Gasteiger charge is -2.25. The van der Waals surface area contributed by atoms with Gasteiger partial charge in [-0.15, -0.1) is 0 Å². The highest BCUT2D eigenvalue weighted by molar-refractivity contribution is 5.89. The third-order valence-electron chi connectivity index (χ3n) is 2.39. The van der Waals surface area contributed by atoms with Crippen molar-refractivity contribution in [1.29, 1.82) is 0 Å². The van der Waals surface area contributed by atoms with Crippen molar-refractivity contribution in [2.24, 2.45) is 0 Å². The molecule has 1 rings (SSSR count). The Kier molecular flexibility index (Phi) is 4.70. The van der Waals surface area contributed by atoms with Crippen LogP contribution in [0.4, 0.5) is 0 Å². The van der Waals surface area contributed by atoms with Crippen molar-refractivity contribution in [2.75, 3.05) is 33.8 Å². The summed E-state index contributed by atoms with van der Waals surface area (Å²) in [5.41, 5.74) is 0. The summed E-state index contributed by atoms with van der Waals surface area (Å²) in [5, 5.41) is 5.70. The summed E-state index contributed by atoms with van der Waals surface area (Å²) in [6, 6.07) is -0.520. The second-order valence-corrected chi connectivity index (χ2v) is 4.03. The molecular weight excluding hydrogens is 210 g/mol. The second kappa shape index (κ2) is 5.81. The minimum Gasteiger partial charge on any atom is -0.366 e. The molecule has 1 fully saturated rings. The van der Waals surface area contributed by atoms with Gasteiger partial charge in [-0.1, -0.05) is 0 Å². The maximum absolute atomic E-state index is 11.7. The van der Waals surface area contributed by atoms with E-state index in [1.54, 1.807) is 21.0 Å². The van der Waals surface area contributed by atoms with Crippen LogP contribution in [0.1, 0.15) is 6.92 Å². The molecule has 2 atom stereocenters. The Morgan fingerprint density at radius 1 is 1.50 bits per heavy atom. The lowest BCUT2D eigenvalue weighted by atomic mass is 10.2. The highest BCUT2D eigenvalue weighted by Gasteiger charge is 2.25. The van der Waals surface area contributed by atoms with E-state index in [-0.39, 0.29) is 11.8 Å². The SMILES string of the molecule is CC(NC(=O)C1CNCCO1)C(=O)N(C)C. The van der Waals surface area contributed by atoms with Gasteiger partial charge in [-0.25, -0.2) is 0 Å². The summed E-state index contributed by atoms with van der Waals surface area (Å²) in [6.07, 6.45) is -0.494. The number of nitrogens with zero attached hydrogens (tertiary/aromatic N) is 1. The molecule has 0 aromatic rings. The van der Waals surface area contributed by atoms with Crippen molar-refractivity contribution in [3.05, 3.63) is 0 Å². The van der Waals surface area contributed by atoms with Crippen LogP contribution in [0.25, 0.3) is 0 Å². The first-order valence-electron chi connectivity index (χ1n) is 5.36. The zero-order chi connectivity index (χ0) is 12.1. The molecule has 2 N–H and O–H groups in total. The summed E-state index contributed by atoms with van der Waals surface area (Å²) < 4.78 is 5.28. The van der Waals surface area contributed by atoms with Crippen LogP contribution in [0, 0.1) is 0 Å². The number of carbonyl (C=O) groups excluding carboxylic acids is 2. The molecule has 0 bridgehead atoms. The number of hydrogen-bond acceptors (Lipinski definition) is 4. The van der Waals surface area contributed by atoms with Gasteiger partial charge in [-0.05, 0) is 6.92 Å². The topological polar surface area (TPSA) is 70.7 Å². The Hall–Kier alpha value is -1.14. The monoisotopic (exact) mass is 229 g/mol. The molecule has 1 aliphatic rings. The molecule has 1 heterocycles. The van der Waals surface area contributed by atoms with Crippen molar-refractivity contribution >= 4 is 11.8 Å². The van der Waals surface area contributed by atoms with Crippen LogP contribution in [0.5, 0.6) is 0 Å². The Balaban J connectivity index is 2.40. The van der Waals surface area contributed by atoms with E-state index in [2.05, 4.69) is 10.6 Å². The van der Waals surface area contributed by atoms with Gasteiger partial charge in [0.2, 0.25) is 5.91 Å². The lowest BCUT2D eigenvalue weighted by Crippen LogP contribution is -2.52. The summed E-state index contributed by atoms with van der Waals surface area (Å²) in [5.74, 6) is -0.369. The number of rotatable bonds is 3. The van der Waals surface area contributed by atoms with Gasteiger partial charge in [0.25, 0.3) is 5.91 Å². The minimum absolute atomic E-state index is 0.128. The molecule has 0 aliphatic carbocycles. The summed E-state index contributed by atoms with van der Waals surface area (Å²) in [7, 11) is 3.31. The maximum atomic E-state index is 11.7. The normalized spacial score (nSPS) is 22.3. The van der Waals surface area contributed by atoms with Gasteiger partial charge in [0.15, 0.2) is 0 Å². The van der Waals surface area contributed by atoms with Crippen LogP contribution in [-0.4, -0.2) is 62.7 Å². The quantitative estimate of drug-likeness (QED) is 0.622. The Bertz CT molecular complexity index is 262. The smallest absolute Gasteiger partial charge is 0.251 e. The van der Waals surface area contributed by atoms with Crippen molar-refractivity contribution in [3.8, 4) is 0 Å². The Morgan fingerprint density at radius 3 is 2.69 bits per heavy atom. The number of morpholine rings is 1. The molecule has 16 heavy (non-hydrogen) atoms. The first kappa shape index (κ1) is 12.9. The Labute approximate surface area is 95.3 Å². The zero-order valence-corrected chi connectivity index (χ0v) is 9.95. The fraction of sp³-hybridized carbons (Fsp3) is 0.800. The fourth-order valence-corrected chi connectivity index (χ4v) is 1.49. The molecule has 1 saturated heterocycles. The van der Waals surface area contributed by atoms with E-state index in [9.17, 15) is 9.59 Å². The highest BCUT2D eigenvalue weighted by Crippen LogP contribution is 1.97. The van der Waals surface area contributed by atoms with E-state index in [1.807, 2.05) is 0 Å². The van der Waals surface area contributed by atoms with Crippen LogP contribution < -0.4 is 10.6 Å². The van der Waals surface area contributed by atoms with Gasteiger partial charge >= 0.3 is 0 Å². The lowest BCUT2D eigenvalue weighted by molar-refractivity contribution is -0.139. The number of nitrogens with one attached hydrogen (secondary N) is 2. The standard InChI is InChI=1S/C10H19N3O3/c1-7(10(15)13(2)3)12-9(14)8-6-11-4-5-16-8/h7-8,11H,4-6H2,1-3H3,(H,12,14). The fourth-order valence-electron chi connectivity index (χ4n) is 1.49. The van der Waals surface area contributed by atoms with Crippen molar-refractivity contribution in [1.82, 2.24) is 15.5 Å².